The molecule has 5 aromatic carbocycles. The molecular weight excluding hydrogens is 755 g/mol. The van der Waals surface area contributed by atoms with Crippen molar-refractivity contribution in [2.24, 2.45) is 0 Å². The molecule has 5 aromatic rings. The number of ether oxygens (including phenoxy) is 3. The molecule has 7 rings (SSSR count). The van der Waals surface area contributed by atoms with Crippen molar-refractivity contribution in [1.82, 2.24) is 0 Å². The highest BCUT2D eigenvalue weighted by Gasteiger charge is 2.54. The highest BCUT2D eigenvalue weighted by Crippen LogP contribution is 2.58. The summed E-state index contributed by atoms with van der Waals surface area (Å²) in [4.78, 5) is 0. The summed E-state index contributed by atoms with van der Waals surface area (Å²) in [5, 5.41) is 12.0. The standard InChI is InChI=1S/C50H57NO7Si/c1-46(2,3)56-59(57-47(4,5)6,58-48(7,8)9)54-30-29-53-37-24-20-35(21-25-37)50(34-18-22-36(52-12)23-19-34)28-27-41-44-43(38-15-13-14-16-39(38)45(41)55-50)40-26-17-33(32-51)31-42(40)49(44,10)11/h13-28,31H,29-30H2,1-12H3. The molecule has 0 N–H and O–H groups in total. The van der Waals surface area contributed by atoms with E-state index in [-0.39, 0.29) is 18.6 Å². The minimum atomic E-state index is -3.64. The van der Waals surface area contributed by atoms with Gasteiger partial charge in [0.1, 0.15) is 23.9 Å². The molecule has 0 saturated carbocycles. The SMILES string of the molecule is COc1ccc(C2(c3ccc(OCCO[Si](OC(C)(C)C)(OC(C)(C)C)OC(C)(C)C)cc3)C=Cc3c4c(c5ccccc5c3O2)-c2ccc(C#N)cc2C4(C)C)cc1. The van der Waals surface area contributed by atoms with Crippen molar-refractivity contribution >= 4 is 25.9 Å². The first kappa shape index (κ1) is 42.2. The van der Waals surface area contributed by atoms with Gasteiger partial charge in [0, 0.05) is 27.5 Å². The second-order valence-electron chi connectivity index (χ2n) is 18.8. The number of benzene rings is 5. The van der Waals surface area contributed by atoms with Crippen LogP contribution in [-0.2, 0) is 28.7 Å². The largest absolute Gasteiger partial charge is 0.681 e. The summed E-state index contributed by atoms with van der Waals surface area (Å²) in [6, 6.07) is 33.0. The number of nitrogens with zero attached hydrogens (tertiary/aromatic N) is 1. The number of nitriles is 1. The summed E-state index contributed by atoms with van der Waals surface area (Å²) in [7, 11) is -1.97. The fraction of sp³-hybridized carbons (Fsp3) is 0.380. The van der Waals surface area contributed by atoms with E-state index in [0.717, 1.165) is 50.1 Å². The summed E-state index contributed by atoms with van der Waals surface area (Å²) in [5.74, 6) is 2.26. The lowest BCUT2D eigenvalue weighted by molar-refractivity contribution is -0.135. The number of hydrogen-bond acceptors (Lipinski definition) is 8. The average Bonchev–Trinajstić information content (AvgIpc) is 3.40. The molecule has 0 amide bonds. The van der Waals surface area contributed by atoms with Crippen molar-refractivity contribution in [2.75, 3.05) is 20.3 Å². The molecule has 0 saturated heterocycles. The number of methoxy groups -OCH3 is 1. The molecular formula is C50H57NO7Si. The van der Waals surface area contributed by atoms with E-state index in [0.29, 0.717) is 11.3 Å². The molecule has 0 fully saturated rings. The van der Waals surface area contributed by atoms with E-state index in [1.54, 1.807) is 7.11 Å². The van der Waals surface area contributed by atoms with Crippen LogP contribution < -0.4 is 14.2 Å². The fourth-order valence-electron chi connectivity index (χ4n) is 8.22. The molecule has 0 aromatic heterocycles. The third kappa shape index (κ3) is 8.43. The maximum atomic E-state index is 9.81. The van der Waals surface area contributed by atoms with Crippen molar-refractivity contribution in [2.45, 2.75) is 104 Å². The Balaban J connectivity index is 1.23. The van der Waals surface area contributed by atoms with E-state index in [1.807, 2.05) is 98.7 Å². The van der Waals surface area contributed by atoms with Crippen molar-refractivity contribution in [3.05, 3.63) is 130 Å². The van der Waals surface area contributed by atoms with Gasteiger partial charge in [-0.1, -0.05) is 74.5 Å². The zero-order valence-corrected chi connectivity index (χ0v) is 37.5. The Bertz CT molecular complexity index is 2390. The van der Waals surface area contributed by atoms with Gasteiger partial charge in [-0.3, -0.25) is 0 Å². The van der Waals surface area contributed by atoms with Gasteiger partial charge in [-0.15, -0.1) is 0 Å². The first-order valence-corrected chi connectivity index (χ1v) is 22.0. The topological polar surface area (TPSA) is 88.4 Å². The quantitative estimate of drug-likeness (QED) is 0.0962. The Kier molecular flexibility index (Phi) is 10.9. The smallest absolute Gasteiger partial charge is 0.497 e. The summed E-state index contributed by atoms with van der Waals surface area (Å²) in [5.41, 5.74) is 5.22. The minimum Gasteiger partial charge on any atom is -0.497 e. The molecule has 1 aliphatic carbocycles. The van der Waals surface area contributed by atoms with Crippen molar-refractivity contribution in [3.63, 3.8) is 0 Å². The Morgan fingerprint density at radius 3 is 1.80 bits per heavy atom. The molecule has 9 heteroatoms. The highest BCUT2D eigenvalue weighted by atomic mass is 28.4. The molecule has 1 atom stereocenters. The van der Waals surface area contributed by atoms with Gasteiger partial charge in [-0.2, -0.15) is 5.26 Å². The molecule has 8 nitrogen and oxygen atoms in total. The lowest BCUT2D eigenvalue weighted by Gasteiger charge is -2.41. The molecule has 0 bridgehead atoms. The molecule has 308 valence electrons. The van der Waals surface area contributed by atoms with Gasteiger partial charge in [0.25, 0.3) is 0 Å². The van der Waals surface area contributed by atoms with Crippen LogP contribution in [0.25, 0.3) is 28.0 Å². The van der Waals surface area contributed by atoms with Crippen LogP contribution in [0.5, 0.6) is 17.2 Å². The molecule has 0 radical (unpaired) electrons. The van der Waals surface area contributed by atoms with E-state index >= 15 is 0 Å². The fourth-order valence-corrected chi connectivity index (χ4v) is 11.1. The minimum absolute atomic E-state index is 0.198. The van der Waals surface area contributed by atoms with Crippen LogP contribution in [-0.4, -0.2) is 46.2 Å². The van der Waals surface area contributed by atoms with Gasteiger partial charge in [-0.05, 0) is 132 Å². The van der Waals surface area contributed by atoms with E-state index in [4.69, 9.17) is 31.9 Å². The van der Waals surface area contributed by atoms with Crippen LogP contribution >= 0.6 is 0 Å². The lowest BCUT2D eigenvalue weighted by Crippen LogP contribution is -2.59. The Morgan fingerprint density at radius 2 is 1.25 bits per heavy atom. The Morgan fingerprint density at radius 1 is 0.695 bits per heavy atom. The number of fused-ring (bicyclic) bond motifs is 8. The summed E-state index contributed by atoms with van der Waals surface area (Å²) in [6.07, 6.45) is 4.39. The van der Waals surface area contributed by atoms with Crippen LogP contribution in [0.15, 0.2) is 97.1 Å². The van der Waals surface area contributed by atoms with E-state index in [2.05, 4.69) is 86.7 Å². The van der Waals surface area contributed by atoms with Gasteiger partial charge < -0.3 is 31.9 Å². The van der Waals surface area contributed by atoms with Gasteiger partial charge >= 0.3 is 9.05 Å². The molecule has 0 spiro atoms. The summed E-state index contributed by atoms with van der Waals surface area (Å²) in [6.45, 7) is 22.7. The first-order chi connectivity index (χ1) is 27.7. The van der Waals surface area contributed by atoms with Gasteiger partial charge in [0.15, 0.2) is 5.60 Å². The van der Waals surface area contributed by atoms with Crippen molar-refractivity contribution in [1.29, 1.82) is 5.26 Å². The maximum absolute atomic E-state index is 9.81. The highest BCUT2D eigenvalue weighted by molar-refractivity contribution is 6.54. The molecule has 59 heavy (non-hydrogen) atoms. The normalized spacial score (nSPS) is 17.1. The zero-order valence-electron chi connectivity index (χ0n) is 36.5. The van der Waals surface area contributed by atoms with Crippen LogP contribution in [0.4, 0.5) is 0 Å². The average molecular weight is 812 g/mol. The van der Waals surface area contributed by atoms with E-state index in [9.17, 15) is 5.26 Å². The van der Waals surface area contributed by atoms with Gasteiger partial charge in [-0.25, -0.2) is 0 Å². The van der Waals surface area contributed by atoms with E-state index in [1.165, 1.54) is 11.1 Å². The lowest BCUT2D eigenvalue weighted by atomic mass is 9.76. The molecule has 1 heterocycles. The maximum Gasteiger partial charge on any atom is 0.681 e. The molecule has 1 aliphatic heterocycles. The van der Waals surface area contributed by atoms with Crippen LogP contribution in [0.1, 0.15) is 110 Å². The molecule has 2 aliphatic rings. The predicted octanol–water partition coefficient (Wildman–Crippen LogP) is 11.7. The number of rotatable bonds is 11. The second kappa shape index (κ2) is 15.3. The van der Waals surface area contributed by atoms with Crippen LogP contribution in [0.2, 0.25) is 0 Å². The van der Waals surface area contributed by atoms with Crippen LogP contribution in [0, 0.1) is 11.3 Å². The van der Waals surface area contributed by atoms with Crippen LogP contribution in [0.3, 0.4) is 0 Å². The third-order valence-corrected chi connectivity index (χ3v) is 13.5. The second-order valence-corrected chi connectivity index (χ2v) is 20.7. The Hall–Kier alpha value is -4.95. The molecule has 1 unspecified atom stereocenters. The zero-order chi connectivity index (χ0) is 42.6. The monoisotopic (exact) mass is 811 g/mol. The van der Waals surface area contributed by atoms with E-state index < -0.39 is 31.5 Å². The summed E-state index contributed by atoms with van der Waals surface area (Å²) >= 11 is 0. The van der Waals surface area contributed by atoms with Gasteiger partial charge in [0.2, 0.25) is 0 Å². The first-order valence-electron chi connectivity index (χ1n) is 20.3. The summed E-state index contributed by atoms with van der Waals surface area (Å²) < 4.78 is 45.1. The number of hydrogen-bond donors (Lipinski definition) is 0. The van der Waals surface area contributed by atoms with Crippen molar-refractivity contribution < 1.29 is 31.9 Å². The van der Waals surface area contributed by atoms with Gasteiger partial charge in [0.05, 0.1) is 42.2 Å². The third-order valence-electron chi connectivity index (χ3n) is 10.4. The van der Waals surface area contributed by atoms with Crippen molar-refractivity contribution in [3.8, 4) is 34.4 Å². The predicted molar refractivity (Wildman–Crippen MR) is 236 cm³/mol. The Labute approximate surface area is 351 Å².